The Labute approximate surface area is 113 Å². The van der Waals surface area contributed by atoms with Crippen molar-refractivity contribution in [2.24, 2.45) is 0 Å². The molecule has 0 saturated carbocycles. The molecular formula is C14H21NO4. The first-order chi connectivity index (χ1) is 9.22. The molecule has 0 radical (unpaired) electrons. The average Bonchev–Trinajstić information content (AvgIpc) is 2.43. The van der Waals surface area contributed by atoms with Crippen molar-refractivity contribution in [3.05, 3.63) is 29.8 Å². The monoisotopic (exact) mass is 267 g/mol. The quantitative estimate of drug-likeness (QED) is 0.572. The van der Waals surface area contributed by atoms with E-state index >= 15 is 0 Å². The van der Waals surface area contributed by atoms with Gasteiger partial charge < -0.3 is 14.2 Å². The van der Waals surface area contributed by atoms with Gasteiger partial charge in [-0.1, -0.05) is 12.1 Å². The molecule has 1 atom stereocenters. The summed E-state index contributed by atoms with van der Waals surface area (Å²) in [7, 11) is 2.99. The van der Waals surface area contributed by atoms with Crippen molar-refractivity contribution < 1.29 is 19.0 Å². The zero-order chi connectivity index (χ0) is 14.1. The van der Waals surface area contributed by atoms with Gasteiger partial charge in [-0.3, -0.25) is 5.32 Å². The van der Waals surface area contributed by atoms with Gasteiger partial charge >= 0.3 is 5.97 Å². The minimum atomic E-state index is -0.513. The molecule has 5 nitrogen and oxygen atoms in total. The molecule has 1 aromatic rings. The van der Waals surface area contributed by atoms with Crippen molar-refractivity contribution in [3.8, 4) is 5.75 Å². The Morgan fingerprint density at radius 2 is 2.16 bits per heavy atom. The molecule has 5 heteroatoms. The number of nitrogens with one attached hydrogen (secondary N) is 1. The van der Waals surface area contributed by atoms with Crippen LogP contribution in [-0.2, 0) is 14.3 Å². The van der Waals surface area contributed by atoms with Gasteiger partial charge in [0.15, 0.2) is 0 Å². The smallest absolute Gasteiger partial charge is 0.327 e. The van der Waals surface area contributed by atoms with E-state index < -0.39 is 6.04 Å². The van der Waals surface area contributed by atoms with E-state index in [1.54, 1.807) is 7.11 Å². The van der Waals surface area contributed by atoms with E-state index in [0.717, 1.165) is 11.3 Å². The molecule has 0 aliphatic rings. The van der Waals surface area contributed by atoms with Gasteiger partial charge in [-0.05, 0) is 24.6 Å². The number of carbonyl (C=O) groups excluding carboxylic acids is 1. The number of carbonyl (C=O) groups is 1. The third-order valence-electron chi connectivity index (χ3n) is 2.59. The van der Waals surface area contributed by atoms with Crippen molar-refractivity contribution in [1.82, 2.24) is 5.32 Å². The van der Waals surface area contributed by atoms with Gasteiger partial charge in [0.2, 0.25) is 0 Å². The lowest BCUT2D eigenvalue weighted by Crippen LogP contribution is -2.32. The highest BCUT2D eigenvalue weighted by atomic mass is 16.5. The van der Waals surface area contributed by atoms with Gasteiger partial charge in [-0.25, -0.2) is 4.79 Å². The van der Waals surface area contributed by atoms with Gasteiger partial charge in [0.05, 0.1) is 20.3 Å². The minimum Gasteiger partial charge on any atom is -0.494 e. The predicted octanol–water partition coefficient (Wildman–Crippen LogP) is 1.54. The first-order valence-corrected chi connectivity index (χ1v) is 6.25. The number of hydrogen-bond donors (Lipinski definition) is 1. The van der Waals surface area contributed by atoms with Crippen molar-refractivity contribution >= 4 is 5.97 Å². The summed E-state index contributed by atoms with van der Waals surface area (Å²) in [5.74, 6) is 0.409. The molecule has 19 heavy (non-hydrogen) atoms. The molecule has 0 aromatic heterocycles. The molecule has 0 heterocycles. The molecule has 0 aliphatic carbocycles. The molecule has 1 aromatic carbocycles. The lowest BCUT2D eigenvalue weighted by Gasteiger charge is -2.17. The molecule has 1 unspecified atom stereocenters. The Morgan fingerprint density at radius 3 is 2.79 bits per heavy atom. The summed E-state index contributed by atoms with van der Waals surface area (Å²) in [6.07, 6.45) is 0. The standard InChI is InChI=1S/C14H21NO4/c1-4-19-12-7-5-6-11(10-12)13(14(16)18-3)15-8-9-17-2/h5-7,10,13,15H,4,8-9H2,1-3H3. The molecule has 0 saturated heterocycles. The van der Waals surface area contributed by atoms with E-state index in [-0.39, 0.29) is 5.97 Å². The molecule has 0 spiro atoms. The Hall–Kier alpha value is -1.59. The number of esters is 1. The number of ether oxygens (including phenoxy) is 3. The van der Waals surface area contributed by atoms with Crippen molar-refractivity contribution in [1.29, 1.82) is 0 Å². The highest BCUT2D eigenvalue weighted by Crippen LogP contribution is 2.20. The van der Waals surface area contributed by atoms with Gasteiger partial charge in [0.25, 0.3) is 0 Å². The highest BCUT2D eigenvalue weighted by molar-refractivity contribution is 5.77. The first kappa shape index (κ1) is 15.5. The summed E-state index contributed by atoms with van der Waals surface area (Å²) in [5.41, 5.74) is 0.814. The number of benzene rings is 1. The second-order valence-electron chi connectivity index (χ2n) is 3.91. The molecular weight excluding hydrogens is 246 g/mol. The van der Waals surface area contributed by atoms with E-state index in [9.17, 15) is 4.79 Å². The van der Waals surface area contributed by atoms with Crippen LogP contribution >= 0.6 is 0 Å². The summed E-state index contributed by atoms with van der Waals surface area (Å²) in [5, 5.41) is 3.10. The molecule has 0 fully saturated rings. The highest BCUT2D eigenvalue weighted by Gasteiger charge is 2.20. The SMILES string of the molecule is CCOc1cccc(C(NCCOC)C(=O)OC)c1. The van der Waals surface area contributed by atoms with Crippen LogP contribution in [0, 0.1) is 0 Å². The fourth-order valence-electron chi connectivity index (χ4n) is 1.71. The summed E-state index contributed by atoms with van der Waals surface area (Å²) >= 11 is 0. The van der Waals surface area contributed by atoms with Gasteiger partial charge in [0, 0.05) is 13.7 Å². The Bertz CT molecular complexity index is 395. The molecule has 106 valence electrons. The third-order valence-corrected chi connectivity index (χ3v) is 2.59. The van der Waals surface area contributed by atoms with E-state index in [0.29, 0.717) is 19.8 Å². The van der Waals surface area contributed by atoms with Crippen molar-refractivity contribution in [3.63, 3.8) is 0 Å². The molecule has 1 N–H and O–H groups in total. The van der Waals surface area contributed by atoms with Crippen LogP contribution < -0.4 is 10.1 Å². The maximum atomic E-state index is 11.8. The van der Waals surface area contributed by atoms with Crippen LogP contribution in [0.2, 0.25) is 0 Å². The maximum absolute atomic E-state index is 11.8. The van der Waals surface area contributed by atoms with E-state index in [2.05, 4.69) is 5.32 Å². The number of methoxy groups -OCH3 is 2. The fraction of sp³-hybridized carbons (Fsp3) is 0.500. The van der Waals surface area contributed by atoms with Crippen LogP contribution in [0.1, 0.15) is 18.5 Å². The Balaban J connectivity index is 2.83. The van der Waals surface area contributed by atoms with Crippen LogP contribution in [0.3, 0.4) is 0 Å². The lowest BCUT2D eigenvalue weighted by atomic mass is 10.1. The van der Waals surface area contributed by atoms with Crippen LogP contribution in [0.5, 0.6) is 5.75 Å². The minimum absolute atomic E-state index is 0.329. The second kappa shape index (κ2) is 8.50. The molecule has 0 amide bonds. The number of rotatable bonds is 8. The molecule has 1 rings (SSSR count). The van der Waals surface area contributed by atoms with Crippen LogP contribution in [-0.4, -0.2) is 39.9 Å². The third kappa shape index (κ3) is 4.89. The zero-order valence-electron chi connectivity index (χ0n) is 11.6. The summed E-state index contributed by atoms with van der Waals surface area (Å²) in [6, 6.07) is 6.90. The molecule has 0 aliphatic heterocycles. The van der Waals surface area contributed by atoms with Crippen LogP contribution in [0.15, 0.2) is 24.3 Å². The first-order valence-electron chi connectivity index (χ1n) is 6.25. The van der Waals surface area contributed by atoms with Crippen molar-refractivity contribution in [2.45, 2.75) is 13.0 Å². The predicted molar refractivity (Wildman–Crippen MR) is 72.2 cm³/mol. The summed E-state index contributed by atoms with van der Waals surface area (Å²) < 4.78 is 15.2. The Kier molecular flexibility index (Phi) is 6.92. The lowest BCUT2D eigenvalue weighted by molar-refractivity contribution is -0.143. The van der Waals surface area contributed by atoms with Crippen LogP contribution in [0.25, 0.3) is 0 Å². The van der Waals surface area contributed by atoms with E-state index in [1.165, 1.54) is 7.11 Å². The summed E-state index contributed by atoms with van der Waals surface area (Å²) in [4.78, 5) is 11.8. The largest absolute Gasteiger partial charge is 0.494 e. The second-order valence-corrected chi connectivity index (χ2v) is 3.91. The maximum Gasteiger partial charge on any atom is 0.327 e. The Morgan fingerprint density at radius 1 is 1.37 bits per heavy atom. The normalized spacial score (nSPS) is 11.9. The number of hydrogen-bond acceptors (Lipinski definition) is 5. The van der Waals surface area contributed by atoms with Gasteiger partial charge in [0.1, 0.15) is 11.8 Å². The topological polar surface area (TPSA) is 56.8 Å². The summed E-state index contributed by atoms with van der Waals surface area (Å²) in [6.45, 7) is 3.60. The fourth-order valence-corrected chi connectivity index (χ4v) is 1.71. The zero-order valence-corrected chi connectivity index (χ0v) is 11.6. The van der Waals surface area contributed by atoms with E-state index in [4.69, 9.17) is 14.2 Å². The molecule has 0 bridgehead atoms. The van der Waals surface area contributed by atoms with Crippen molar-refractivity contribution in [2.75, 3.05) is 34.0 Å². The van der Waals surface area contributed by atoms with E-state index in [1.807, 2.05) is 31.2 Å². The van der Waals surface area contributed by atoms with Gasteiger partial charge in [-0.2, -0.15) is 0 Å². The average molecular weight is 267 g/mol. The van der Waals surface area contributed by atoms with Gasteiger partial charge in [-0.15, -0.1) is 0 Å². The van der Waals surface area contributed by atoms with Crippen LogP contribution in [0.4, 0.5) is 0 Å².